The Kier molecular flexibility index (Phi) is 4.62. The molecule has 2 rings (SSSR count). The Balaban J connectivity index is 2.21. The molecule has 0 aliphatic carbocycles. The average molecular weight is 321 g/mol. The maximum absolute atomic E-state index is 12.0. The Bertz CT molecular complexity index is 776. The molecule has 2 N–H and O–H groups in total. The van der Waals surface area contributed by atoms with Crippen LogP contribution in [0.4, 0.5) is 11.4 Å². The normalized spacial score (nSPS) is 10.8. The maximum atomic E-state index is 12.0. The van der Waals surface area contributed by atoms with E-state index in [4.69, 9.17) is 4.74 Å². The third kappa shape index (κ3) is 4.19. The number of nitrogens with zero attached hydrogens (tertiary/aromatic N) is 1. The largest absolute Gasteiger partial charge is 0.494 e. The van der Waals surface area contributed by atoms with Crippen molar-refractivity contribution in [3.63, 3.8) is 0 Å². The quantitative estimate of drug-likeness (QED) is 0.874. The number of carbonyl (C=O) groups excluding carboxylic acids is 1. The highest BCUT2D eigenvalue weighted by Gasteiger charge is 2.11. The molecule has 116 valence electrons. The fraction of sp³-hybridized carbons (Fsp3) is 0.143. The van der Waals surface area contributed by atoms with Gasteiger partial charge in [0, 0.05) is 18.0 Å². The zero-order valence-corrected chi connectivity index (χ0v) is 12.8. The van der Waals surface area contributed by atoms with Gasteiger partial charge in [-0.3, -0.25) is 14.5 Å². The van der Waals surface area contributed by atoms with Crippen molar-refractivity contribution in [3.05, 3.63) is 48.3 Å². The molecule has 1 heterocycles. The molecule has 8 heteroatoms. The van der Waals surface area contributed by atoms with Crippen LogP contribution < -0.4 is 14.8 Å². The van der Waals surface area contributed by atoms with Gasteiger partial charge in [0.15, 0.2) is 0 Å². The zero-order chi connectivity index (χ0) is 16.2. The summed E-state index contributed by atoms with van der Waals surface area (Å²) in [6.07, 6.45) is 2.57. The number of anilines is 2. The molecular weight excluding hydrogens is 306 g/mol. The molecule has 2 aromatic rings. The van der Waals surface area contributed by atoms with Crippen LogP contribution in [0.25, 0.3) is 0 Å². The second kappa shape index (κ2) is 6.44. The number of sulfonamides is 1. The van der Waals surface area contributed by atoms with Crippen molar-refractivity contribution < 1.29 is 17.9 Å². The van der Waals surface area contributed by atoms with E-state index in [2.05, 4.69) is 15.0 Å². The van der Waals surface area contributed by atoms with E-state index in [0.29, 0.717) is 17.1 Å². The van der Waals surface area contributed by atoms with E-state index in [1.165, 1.54) is 25.4 Å². The molecule has 0 radical (unpaired) electrons. The van der Waals surface area contributed by atoms with Crippen molar-refractivity contribution in [2.24, 2.45) is 0 Å². The number of aromatic nitrogens is 1. The molecule has 0 aliphatic heterocycles. The topological polar surface area (TPSA) is 97.4 Å². The zero-order valence-electron chi connectivity index (χ0n) is 12.0. The summed E-state index contributed by atoms with van der Waals surface area (Å²) in [5.41, 5.74) is 1.03. The van der Waals surface area contributed by atoms with Crippen molar-refractivity contribution in [3.8, 4) is 5.75 Å². The van der Waals surface area contributed by atoms with Crippen LogP contribution in [-0.4, -0.2) is 32.7 Å². The predicted octanol–water partition coefficient (Wildman–Crippen LogP) is 1.71. The van der Waals surface area contributed by atoms with Crippen molar-refractivity contribution in [2.45, 2.75) is 0 Å². The lowest BCUT2D eigenvalue weighted by Gasteiger charge is -2.12. The summed E-state index contributed by atoms with van der Waals surface area (Å²) in [6, 6.07) is 9.61. The lowest BCUT2D eigenvalue weighted by atomic mass is 10.2. The number of benzene rings is 1. The summed E-state index contributed by atoms with van der Waals surface area (Å²) in [6.45, 7) is 0. The molecular formula is C14H15N3O4S. The molecule has 0 saturated carbocycles. The first kappa shape index (κ1) is 15.8. The van der Waals surface area contributed by atoms with Crippen LogP contribution in [0.1, 0.15) is 10.5 Å². The van der Waals surface area contributed by atoms with Crippen LogP contribution in [0.15, 0.2) is 42.6 Å². The Hall–Kier alpha value is -2.61. The molecule has 0 aliphatic rings. The highest BCUT2D eigenvalue weighted by atomic mass is 32.2. The lowest BCUT2D eigenvalue weighted by molar-refractivity contribution is 0.102. The second-order valence-corrected chi connectivity index (χ2v) is 6.21. The lowest BCUT2D eigenvalue weighted by Crippen LogP contribution is -2.14. The van der Waals surface area contributed by atoms with Gasteiger partial charge in [0.05, 0.1) is 19.1 Å². The van der Waals surface area contributed by atoms with Gasteiger partial charge in [-0.2, -0.15) is 0 Å². The van der Waals surface area contributed by atoms with E-state index in [9.17, 15) is 13.2 Å². The van der Waals surface area contributed by atoms with Gasteiger partial charge in [-0.05, 0) is 24.3 Å². The number of amides is 1. The highest BCUT2D eigenvalue weighted by Crippen LogP contribution is 2.28. The molecule has 0 unspecified atom stereocenters. The minimum absolute atomic E-state index is 0.278. The minimum atomic E-state index is -3.42. The molecule has 1 aromatic carbocycles. The van der Waals surface area contributed by atoms with Gasteiger partial charge in [0.25, 0.3) is 5.91 Å². The third-order valence-corrected chi connectivity index (χ3v) is 3.24. The van der Waals surface area contributed by atoms with Crippen LogP contribution in [0.2, 0.25) is 0 Å². The van der Waals surface area contributed by atoms with Gasteiger partial charge in [-0.25, -0.2) is 8.42 Å². The standard InChI is InChI=1S/C14H15N3O4S/c1-21-13-9-10(6-7-11(13)17-22(2,19)20)16-14(18)12-5-3-4-8-15-12/h3-9,17H,1-2H3,(H,16,18). The molecule has 0 bridgehead atoms. The highest BCUT2D eigenvalue weighted by molar-refractivity contribution is 7.92. The molecule has 0 saturated heterocycles. The summed E-state index contributed by atoms with van der Waals surface area (Å²) in [5, 5.41) is 2.66. The van der Waals surface area contributed by atoms with Crippen LogP contribution in [0.3, 0.4) is 0 Å². The first-order valence-electron chi connectivity index (χ1n) is 6.27. The molecule has 7 nitrogen and oxygen atoms in total. The number of hydrogen-bond donors (Lipinski definition) is 2. The first-order valence-corrected chi connectivity index (χ1v) is 8.16. The number of carbonyl (C=O) groups is 1. The van der Waals surface area contributed by atoms with Crippen LogP contribution in [0.5, 0.6) is 5.75 Å². The SMILES string of the molecule is COc1cc(NC(=O)c2ccccn2)ccc1NS(C)(=O)=O. The maximum Gasteiger partial charge on any atom is 0.274 e. The molecule has 0 spiro atoms. The van der Waals surface area contributed by atoms with E-state index in [1.54, 1.807) is 24.3 Å². The number of nitrogens with one attached hydrogen (secondary N) is 2. The summed E-state index contributed by atoms with van der Waals surface area (Å²) in [5.74, 6) is -0.0734. The molecule has 1 aromatic heterocycles. The molecule has 1 amide bonds. The van der Waals surface area contributed by atoms with Gasteiger partial charge in [-0.1, -0.05) is 6.07 Å². The first-order chi connectivity index (χ1) is 10.4. The van der Waals surface area contributed by atoms with Crippen molar-refractivity contribution in [1.82, 2.24) is 4.98 Å². The van der Waals surface area contributed by atoms with E-state index in [-0.39, 0.29) is 11.6 Å². The number of ether oxygens (including phenoxy) is 1. The minimum Gasteiger partial charge on any atom is -0.494 e. The molecule has 0 fully saturated rings. The number of hydrogen-bond acceptors (Lipinski definition) is 5. The fourth-order valence-corrected chi connectivity index (χ4v) is 2.31. The van der Waals surface area contributed by atoms with Crippen molar-refractivity contribution in [1.29, 1.82) is 0 Å². The van der Waals surface area contributed by atoms with E-state index in [0.717, 1.165) is 6.26 Å². The molecule has 22 heavy (non-hydrogen) atoms. The predicted molar refractivity (Wildman–Crippen MR) is 83.7 cm³/mol. The Morgan fingerprint density at radius 2 is 2.00 bits per heavy atom. The number of methoxy groups -OCH3 is 1. The second-order valence-electron chi connectivity index (χ2n) is 4.46. The van der Waals surface area contributed by atoms with Gasteiger partial charge in [0.1, 0.15) is 11.4 Å². The number of pyridine rings is 1. The van der Waals surface area contributed by atoms with Gasteiger partial charge in [-0.15, -0.1) is 0 Å². The smallest absolute Gasteiger partial charge is 0.274 e. The van der Waals surface area contributed by atoms with Gasteiger partial charge >= 0.3 is 0 Å². The summed E-state index contributed by atoms with van der Waals surface area (Å²) < 4.78 is 30.0. The Labute approximate surface area is 128 Å². The van der Waals surface area contributed by atoms with Crippen molar-refractivity contribution >= 4 is 27.3 Å². The van der Waals surface area contributed by atoms with Gasteiger partial charge in [0.2, 0.25) is 10.0 Å². The molecule has 0 atom stereocenters. The van der Waals surface area contributed by atoms with E-state index in [1.807, 2.05) is 0 Å². The van der Waals surface area contributed by atoms with Gasteiger partial charge < -0.3 is 10.1 Å². The summed E-state index contributed by atoms with van der Waals surface area (Å²) in [7, 11) is -2.01. The Morgan fingerprint density at radius 1 is 1.23 bits per heavy atom. The van der Waals surface area contributed by atoms with Crippen LogP contribution in [-0.2, 0) is 10.0 Å². The number of rotatable bonds is 5. The van der Waals surface area contributed by atoms with E-state index >= 15 is 0 Å². The van der Waals surface area contributed by atoms with Crippen LogP contribution >= 0.6 is 0 Å². The summed E-state index contributed by atoms with van der Waals surface area (Å²) in [4.78, 5) is 15.9. The van der Waals surface area contributed by atoms with Crippen molar-refractivity contribution in [2.75, 3.05) is 23.4 Å². The van der Waals surface area contributed by atoms with E-state index < -0.39 is 10.0 Å². The van der Waals surface area contributed by atoms with Crippen LogP contribution in [0, 0.1) is 0 Å². The third-order valence-electron chi connectivity index (χ3n) is 2.65. The average Bonchev–Trinajstić information content (AvgIpc) is 2.48. The monoisotopic (exact) mass is 321 g/mol. The Morgan fingerprint density at radius 3 is 2.59 bits per heavy atom. The summed E-state index contributed by atoms with van der Waals surface area (Å²) >= 11 is 0. The fourth-order valence-electron chi connectivity index (χ4n) is 1.75.